The van der Waals surface area contributed by atoms with Gasteiger partial charge < -0.3 is 19.9 Å². The van der Waals surface area contributed by atoms with Crippen LogP contribution in [0, 0.1) is 5.82 Å². The van der Waals surface area contributed by atoms with Gasteiger partial charge >= 0.3 is 0 Å². The average Bonchev–Trinajstić information content (AvgIpc) is 3.19. The molecule has 1 atom stereocenters. The van der Waals surface area contributed by atoms with Crippen LogP contribution in [0.4, 0.5) is 4.39 Å². The lowest BCUT2D eigenvalue weighted by molar-refractivity contribution is 0.165. The summed E-state index contributed by atoms with van der Waals surface area (Å²) in [5.74, 6) is 0.860. The van der Waals surface area contributed by atoms with Gasteiger partial charge in [-0.3, -0.25) is 0 Å². The van der Waals surface area contributed by atoms with E-state index in [0.29, 0.717) is 30.3 Å². The van der Waals surface area contributed by atoms with E-state index in [2.05, 4.69) is 0 Å². The SMILES string of the molecule is COc1cc2c(c(C3(C(C)N)CC3)c1F)OCCO2. The van der Waals surface area contributed by atoms with Gasteiger partial charge in [0.2, 0.25) is 0 Å². The zero-order chi connectivity index (χ0) is 13.6. The number of hydrogen-bond acceptors (Lipinski definition) is 4. The number of halogens is 1. The Morgan fingerprint density at radius 2 is 2.05 bits per heavy atom. The topological polar surface area (TPSA) is 53.7 Å². The summed E-state index contributed by atoms with van der Waals surface area (Å²) in [6, 6.07) is 1.41. The van der Waals surface area contributed by atoms with Crippen LogP contribution in [-0.4, -0.2) is 26.4 Å². The highest BCUT2D eigenvalue weighted by molar-refractivity contribution is 5.58. The Balaban J connectivity index is 2.21. The van der Waals surface area contributed by atoms with Crippen molar-refractivity contribution < 1.29 is 18.6 Å². The van der Waals surface area contributed by atoms with E-state index in [4.69, 9.17) is 19.9 Å². The highest BCUT2D eigenvalue weighted by Crippen LogP contribution is 2.57. The lowest BCUT2D eigenvalue weighted by Gasteiger charge is -2.28. The van der Waals surface area contributed by atoms with E-state index >= 15 is 0 Å². The second-order valence-electron chi connectivity index (χ2n) is 5.24. The molecule has 0 radical (unpaired) electrons. The first kappa shape index (κ1) is 12.5. The van der Waals surface area contributed by atoms with Gasteiger partial charge in [0, 0.05) is 23.1 Å². The van der Waals surface area contributed by atoms with Crippen molar-refractivity contribution >= 4 is 0 Å². The molecule has 1 saturated carbocycles. The molecule has 0 aromatic heterocycles. The van der Waals surface area contributed by atoms with Crippen LogP contribution in [-0.2, 0) is 5.41 Å². The molecule has 1 heterocycles. The molecule has 4 nitrogen and oxygen atoms in total. The van der Waals surface area contributed by atoms with Crippen LogP contribution in [0.1, 0.15) is 25.3 Å². The molecule has 0 bridgehead atoms. The Morgan fingerprint density at radius 1 is 1.37 bits per heavy atom. The van der Waals surface area contributed by atoms with Crippen molar-refractivity contribution in [2.75, 3.05) is 20.3 Å². The third-order valence-electron chi connectivity index (χ3n) is 4.11. The van der Waals surface area contributed by atoms with Crippen molar-refractivity contribution in [1.82, 2.24) is 0 Å². The van der Waals surface area contributed by atoms with Gasteiger partial charge in [-0.25, -0.2) is 4.39 Å². The standard InChI is InChI=1S/C14H18FNO3/c1-8(16)14(3-4-14)11-12(15)9(17-2)7-10-13(11)19-6-5-18-10/h7-8H,3-6,16H2,1-2H3. The van der Waals surface area contributed by atoms with E-state index in [1.54, 1.807) is 6.07 Å². The molecule has 0 spiro atoms. The van der Waals surface area contributed by atoms with E-state index < -0.39 is 0 Å². The van der Waals surface area contributed by atoms with E-state index in [1.807, 2.05) is 6.92 Å². The number of ether oxygens (including phenoxy) is 3. The van der Waals surface area contributed by atoms with Gasteiger partial charge in [-0.05, 0) is 19.8 Å². The van der Waals surface area contributed by atoms with Crippen LogP contribution in [0.25, 0.3) is 0 Å². The van der Waals surface area contributed by atoms with Crippen molar-refractivity contribution in [3.63, 3.8) is 0 Å². The molecule has 2 aliphatic rings. The van der Waals surface area contributed by atoms with E-state index in [1.165, 1.54) is 7.11 Å². The molecular formula is C14H18FNO3. The minimum Gasteiger partial charge on any atom is -0.494 e. The molecule has 5 heteroatoms. The fourth-order valence-electron chi connectivity index (χ4n) is 2.80. The molecule has 1 unspecified atom stereocenters. The van der Waals surface area contributed by atoms with Crippen LogP contribution in [0.5, 0.6) is 17.2 Å². The van der Waals surface area contributed by atoms with Gasteiger partial charge in [0.05, 0.1) is 7.11 Å². The van der Waals surface area contributed by atoms with Crippen molar-refractivity contribution in [3.8, 4) is 17.2 Å². The third-order valence-corrected chi connectivity index (χ3v) is 4.11. The summed E-state index contributed by atoms with van der Waals surface area (Å²) in [6.07, 6.45) is 1.73. The summed E-state index contributed by atoms with van der Waals surface area (Å²) in [5.41, 5.74) is 6.24. The Labute approximate surface area is 111 Å². The Hall–Kier alpha value is -1.49. The number of hydrogen-bond donors (Lipinski definition) is 1. The lowest BCUT2D eigenvalue weighted by atomic mass is 9.87. The fraction of sp³-hybridized carbons (Fsp3) is 0.571. The average molecular weight is 267 g/mol. The molecule has 1 aliphatic carbocycles. The molecule has 1 aliphatic heterocycles. The first-order valence-electron chi connectivity index (χ1n) is 6.52. The maximum absolute atomic E-state index is 14.6. The molecule has 3 rings (SSSR count). The minimum atomic E-state index is -0.374. The number of rotatable bonds is 3. The molecular weight excluding hydrogens is 249 g/mol. The number of methoxy groups -OCH3 is 1. The van der Waals surface area contributed by atoms with Crippen LogP contribution in [0.3, 0.4) is 0 Å². The second kappa shape index (κ2) is 4.27. The van der Waals surface area contributed by atoms with Gasteiger partial charge in [-0.2, -0.15) is 0 Å². The maximum atomic E-state index is 14.6. The zero-order valence-corrected chi connectivity index (χ0v) is 11.2. The molecule has 1 aromatic rings. The predicted molar refractivity (Wildman–Crippen MR) is 68.5 cm³/mol. The third kappa shape index (κ3) is 1.75. The molecule has 0 amide bonds. The molecule has 1 aromatic carbocycles. The normalized spacial score (nSPS) is 20.8. The Bertz CT molecular complexity index is 512. The largest absolute Gasteiger partial charge is 0.494 e. The highest BCUT2D eigenvalue weighted by atomic mass is 19.1. The minimum absolute atomic E-state index is 0.135. The van der Waals surface area contributed by atoms with E-state index in [0.717, 1.165) is 12.8 Å². The summed E-state index contributed by atoms with van der Waals surface area (Å²) in [5, 5.41) is 0. The van der Waals surface area contributed by atoms with Gasteiger partial charge in [-0.15, -0.1) is 0 Å². The number of fused-ring (bicyclic) bond motifs is 1. The quantitative estimate of drug-likeness (QED) is 0.910. The van der Waals surface area contributed by atoms with Crippen molar-refractivity contribution in [2.24, 2.45) is 5.73 Å². The second-order valence-corrected chi connectivity index (χ2v) is 5.24. The van der Waals surface area contributed by atoms with E-state index in [-0.39, 0.29) is 23.0 Å². The van der Waals surface area contributed by atoms with Gasteiger partial charge in [0.15, 0.2) is 23.1 Å². The van der Waals surface area contributed by atoms with Crippen molar-refractivity contribution in [1.29, 1.82) is 0 Å². The summed E-state index contributed by atoms with van der Waals surface area (Å²) in [6.45, 7) is 2.80. The first-order chi connectivity index (χ1) is 9.10. The smallest absolute Gasteiger partial charge is 0.172 e. The summed E-state index contributed by atoms with van der Waals surface area (Å²) < 4.78 is 30.9. The summed E-state index contributed by atoms with van der Waals surface area (Å²) >= 11 is 0. The fourth-order valence-corrected chi connectivity index (χ4v) is 2.80. The van der Waals surface area contributed by atoms with Crippen molar-refractivity contribution in [3.05, 3.63) is 17.4 Å². The van der Waals surface area contributed by atoms with Crippen LogP contribution in [0.2, 0.25) is 0 Å². The van der Waals surface area contributed by atoms with E-state index in [9.17, 15) is 4.39 Å². The zero-order valence-electron chi connectivity index (χ0n) is 11.2. The van der Waals surface area contributed by atoms with Crippen LogP contribution >= 0.6 is 0 Å². The molecule has 0 saturated heterocycles. The summed E-state index contributed by atoms with van der Waals surface area (Å²) in [7, 11) is 1.45. The van der Waals surface area contributed by atoms with Gasteiger partial charge in [0.1, 0.15) is 13.2 Å². The predicted octanol–water partition coefficient (Wildman–Crippen LogP) is 1.98. The summed E-state index contributed by atoms with van der Waals surface area (Å²) in [4.78, 5) is 0. The Morgan fingerprint density at radius 3 is 2.63 bits per heavy atom. The maximum Gasteiger partial charge on any atom is 0.172 e. The van der Waals surface area contributed by atoms with Crippen LogP contribution in [0.15, 0.2) is 6.07 Å². The molecule has 1 fully saturated rings. The monoisotopic (exact) mass is 267 g/mol. The molecule has 104 valence electrons. The lowest BCUT2D eigenvalue weighted by Crippen LogP contribution is -2.33. The first-order valence-corrected chi connectivity index (χ1v) is 6.52. The molecule has 19 heavy (non-hydrogen) atoms. The highest BCUT2D eigenvalue weighted by Gasteiger charge is 2.52. The van der Waals surface area contributed by atoms with Gasteiger partial charge in [-0.1, -0.05) is 0 Å². The van der Waals surface area contributed by atoms with Crippen LogP contribution < -0.4 is 19.9 Å². The number of benzene rings is 1. The van der Waals surface area contributed by atoms with Crippen molar-refractivity contribution in [2.45, 2.75) is 31.2 Å². The Kier molecular flexibility index (Phi) is 2.82. The number of nitrogens with two attached hydrogens (primary N) is 1. The molecule has 2 N–H and O–H groups in total. The van der Waals surface area contributed by atoms with Gasteiger partial charge in [0.25, 0.3) is 0 Å².